The summed E-state index contributed by atoms with van der Waals surface area (Å²) in [7, 11) is 0. The van der Waals surface area contributed by atoms with Crippen LogP contribution in [-0.4, -0.2) is 10.9 Å². The van der Waals surface area contributed by atoms with Crippen LogP contribution < -0.4 is 5.32 Å². The van der Waals surface area contributed by atoms with Gasteiger partial charge >= 0.3 is 6.18 Å². The van der Waals surface area contributed by atoms with E-state index in [1.54, 1.807) is 24.3 Å². The standard InChI is InChI=1S/C14H11F3N2O/c15-14(16,17)11-6-7-12(18-9-11)19-13(20)8-10-4-2-1-3-5-10/h1-7,9H,8H2,(H,18,19,20). The number of rotatable bonds is 3. The third kappa shape index (κ3) is 3.81. The molecule has 0 radical (unpaired) electrons. The number of halogens is 3. The molecule has 0 aliphatic rings. The van der Waals surface area contributed by atoms with Crippen molar-refractivity contribution in [2.75, 3.05) is 5.32 Å². The van der Waals surface area contributed by atoms with E-state index in [1.807, 2.05) is 6.07 Å². The zero-order valence-corrected chi connectivity index (χ0v) is 10.3. The van der Waals surface area contributed by atoms with Gasteiger partial charge in [0.05, 0.1) is 12.0 Å². The third-order valence-corrected chi connectivity index (χ3v) is 2.57. The fourth-order valence-corrected chi connectivity index (χ4v) is 1.60. The number of pyridine rings is 1. The molecule has 3 nitrogen and oxygen atoms in total. The molecule has 1 N–H and O–H groups in total. The first-order chi connectivity index (χ1) is 9.45. The number of nitrogens with zero attached hydrogens (tertiary/aromatic N) is 1. The van der Waals surface area contributed by atoms with Crippen LogP contribution in [0.2, 0.25) is 0 Å². The topological polar surface area (TPSA) is 42.0 Å². The van der Waals surface area contributed by atoms with Crippen LogP contribution in [0.5, 0.6) is 0 Å². The number of hydrogen-bond donors (Lipinski definition) is 1. The second-order valence-corrected chi connectivity index (χ2v) is 4.14. The van der Waals surface area contributed by atoms with E-state index in [0.717, 1.165) is 17.7 Å². The highest BCUT2D eigenvalue weighted by atomic mass is 19.4. The van der Waals surface area contributed by atoms with Crippen LogP contribution in [0.3, 0.4) is 0 Å². The van der Waals surface area contributed by atoms with Crippen molar-refractivity contribution in [1.82, 2.24) is 4.98 Å². The molecule has 1 amide bonds. The van der Waals surface area contributed by atoms with Crippen molar-refractivity contribution in [3.05, 3.63) is 59.8 Å². The monoisotopic (exact) mass is 280 g/mol. The lowest BCUT2D eigenvalue weighted by Crippen LogP contribution is -2.15. The molecule has 0 aliphatic heterocycles. The number of nitrogens with one attached hydrogen (secondary N) is 1. The van der Waals surface area contributed by atoms with Crippen LogP contribution in [0, 0.1) is 0 Å². The quantitative estimate of drug-likeness (QED) is 0.937. The number of aromatic nitrogens is 1. The Labute approximate surface area is 113 Å². The first kappa shape index (κ1) is 14.0. The van der Waals surface area contributed by atoms with Gasteiger partial charge in [0, 0.05) is 6.20 Å². The number of carbonyl (C=O) groups is 1. The summed E-state index contributed by atoms with van der Waals surface area (Å²) in [6.07, 6.45) is -3.60. The minimum absolute atomic E-state index is 0.0962. The Morgan fingerprint density at radius 3 is 2.35 bits per heavy atom. The summed E-state index contributed by atoms with van der Waals surface area (Å²) in [5.41, 5.74) is -0.0320. The zero-order chi connectivity index (χ0) is 14.6. The minimum atomic E-state index is -4.43. The Morgan fingerprint density at radius 2 is 1.80 bits per heavy atom. The summed E-state index contributed by atoms with van der Waals surface area (Å²) in [5.74, 6) is -0.234. The summed E-state index contributed by atoms with van der Waals surface area (Å²) >= 11 is 0. The van der Waals surface area contributed by atoms with Gasteiger partial charge in [0.15, 0.2) is 0 Å². The van der Waals surface area contributed by atoms with Crippen LogP contribution in [0.25, 0.3) is 0 Å². The molecule has 2 rings (SSSR count). The average Bonchev–Trinajstić information content (AvgIpc) is 2.39. The van der Waals surface area contributed by atoms with E-state index < -0.39 is 11.7 Å². The number of alkyl halides is 3. The van der Waals surface area contributed by atoms with Crippen LogP contribution in [-0.2, 0) is 17.4 Å². The van der Waals surface area contributed by atoms with Crippen molar-refractivity contribution in [1.29, 1.82) is 0 Å². The van der Waals surface area contributed by atoms with E-state index in [0.29, 0.717) is 6.20 Å². The molecule has 20 heavy (non-hydrogen) atoms. The molecule has 0 aliphatic carbocycles. The van der Waals surface area contributed by atoms with Crippen molar-refractivity contribution in [3.63, 3.8) is 0 Å². The summed E-state index contributed by atoms with van der Waals surface area (Å²) < 4.78 is 37.0. The molecule has 0 fully saturated rings. The molecule has 104 valence electrons. The van der Waals surface area contributed by atoms with Gasteiger partial charge in [-0.3, -0.25) is 4.79 Å². The first-order valence-electron chi connectivity index (χ1n) is 5.82. The lowest BCUT2D eigenvalue weighted by Gasteiger charge is -2.08. The highest BCUT2D eigenvalue weighted by Gasteiger charge is 2.30. The average molecular weight is 280 g/mol. The van der Waals surface area contributed by atoms with E-state index in [4.69, 9.17) is 0 Å². The fraction of sp³-hybridized carbons (Fsp3) is 0.143. The van der Waals surface area contributed by atoms with Gasteiger partial charge in [-0.15, -0.1) is 0 Å². The maximum atomic E-state index is 12.3. The molecule has 0 unspecified atom stereocenters. The molecule has 0 bridgehead atoms. The Balaban J connectivity index is 1.98. The molecule has 1 aromatic carbocycles. The Hall–Kier alpha value is -2.37. The normalized spacial score (nSPS) is 11.2. The van der Waals surface area contributed by atoms with Crippen LogP contribution in [0.4, 0.5) is 19.0 Å². The highest BCUT2D eigenvalue weighted by molar-refractivity contribution is 5.91. The fourth-order valence-electron chi connectivity index (χ4n) is 1.60. The number of benzene rings is 1. The molecule has 6 heteroatoms. The predicted molar refractivity (Wildman–Crippen MR) is 68.0 cm³/mol. The van der Waals surface area contributed by atoms with Gasteiger partial charge in [0.2, 0.25) is 5.91 Å². The molecule has 0 atom stereocenters. The zero-order valence-electron chi connectivity index (χ0n) is 10.3. The van der Waals surface area contributed by atoms with Gasteiger partial charge < -0.3 is 5.32 Å². The number of carbonyl (C=O) groups excluding carboxylic acids is 1. The molecular weight excluding hydrogens is 269 g/mol. The van der Waals surface area contributed by atoms with Crippen molar-refractivity contribution >= 4 is 11.7 Å². The van der Waals surface area contributed by atoms with Gasteiger partial charge in [0.25, 0.3) is 0 Å². The van der Waals surface area contributed by atoms with E-state index in [1.165, 1.54) is 0 Å². The molecule has 1 aromatic heterocycles. The van der Waals surface area contributed by atoms with Crippen molar-refractivity contribution in [3.8, 4) is 0 Å². The summed E-state index contributed by atoms with van der Waals surface area (Å²) in [4.78, 5) is 15.3. The maximum absolute atomic E-state index is 12.3. The lowest BCUT2D eigenvalue weighted by atomic mass is 10.1. The van der Waals surface area contributed by atoms with Crippen molar-refractivity contribution < 1.29 is 18.0 Å². The minimum Gasteiger partial charge on any atom is -0.310 e. The third-order valence-electron chi connectivity index (χ3n) is 2.57. The van der Waals surface area contributed by atoms with Crippen molar-refractivity contribution in [2.24, 2.45) is 0 Å². The van der Waals surface area contributed by atoms with E-state index >= 15 is 0 Å². The van der Waals surface area contributed by atoms with E-state index in [9.17, 15) is 18.0 Å². The molecule has 1 heterocycles. The van der Waals surface area contributed by atoms with E-state index in [-0.39, 0.29) is 18.1 Å². The second-order valence-electron chi connectivity index (χ2n) is 4.14. The van der Waals surface area contributed by atoms with Crippen LogP contribution >= 0.6 is 0 Å². The van der Waals surface area contributed by atoms with Gasteiger partial charge in [-0.2, -0.15) is 13.2 Å². The molecule has 2 aromatic rings. The Morgan fingerprint density at radius 1 is 1.10 bits per heavy atom. The van der Waals surface area contributed by atoms with Crippen molar-refractivity contribution in [2.45, 2.75) is 12.6 Å². The van der Waals surface area contributed by atoms with Crippen LogP contribution in [0.15, 0.2) is 48.7 Å². The molecular formula is C14H11F3N2O. The Kier molecular flexibility index (Phi) is 4.02. The highest BCUT2D eigenvalue weighted by Crippen LogP contribution is 2.28. The predicted octanol–water partition coefficient (Wildman–Crippen LogP) is 3.28. The number of anilines is 1. The number of hydrogen-bond acceptors (Lipinski definition) is 2. The van der Waals surface area contributed by atoms with Crippen LogP contribution in [0.1, 0.15) is 11.1 Å². The van der Waals surface area contributed by atoms with Gasteiger partial charge in [-0.25, -0.2) is 4.98 Å². The van der Waals surface area contributed by atoms with E-state index in [2.05, 4.69) is 10.3 Å². The summed E-state index contributed by atoms with van der Waals surface area (Å²) in [5, 5.41) is 2.45. The first-order valence-corrected chi connectivity index (χ1v) is 5.82. The molecule has 0 saturated carbocycles. The number of amides is 1. The maximum Gasteiger partial charge on any atom is 0.417 e. The summed E-state index contributed by atoms with van der Waals surface area (Å²) in [6, 6.07) is 11.0. The lowest BCUT2D eigenvalue weighted by molar-refractivity contribution is -0.137. The molecule has 0 spiro atoms. The smallest absolute Gasteiger partial charge is 0.310 e. The Bertz CT molecular complexity index is 580. The molecule has 0 saturated heterocycles. The van der Waals surface area contributed by atoms with Gasteiger partial charge in [0.1, 0.15) is 5.82 Å². The second kappa shape index (κ2) is 5.73. The SMILES string of the molecule is O=C(Cc1ccccc1)Nc1ccc(C(F)(F)F)cn1. The summed E-state index contributed by atoms with van der Waals surface area (Å²) in [6.45, 7) is 0. The van der Waals surface area contributed by atoms with Gasteiger partial charge in [-0.1, -0.05) is 30.3 Å². The van der Waals surface area contributed by atoms with Gasteiger partial charge in [-0.05, 0) is 17.7 Å². The largest absolute Gasteiger partial charge is 0.417 e.